The number of benzene rings is 1. The standard InChI is InChI=1S/C10H10ClFO3S/c1-10(11,16(2,14)15)9(13)7-5-3-4-6-8(7)12/h3-6H,1-2H3. The monoisotopic (exact) mass is 264 g/mol. The number of halogens is 2. The van der Waals surface area contributed by atoms with Crippen molar-refractivity contribution in [3.8, 4) is 0 Å². The molecule has 0 spiro atoms. The average Bonchev–Trinajstić information content (AvgIpc) is 2.15. The largest absolute Gasteiger partial charge is 0.291 e. The molecule has 0 bridgehead atoms. The van der Waals surface area contributed by atoms with E-state index in [9.17, 15) is 17.6 Å². The number of ketones is 1. The molecule has 0 aliphatic rings. The van der Waals surface area contributed by atoms with E-state index in [-0.39, 0.29) is 5.56 Å². The maximum absolute atomic E-state index is 13.3. The van der Waals surface area contributed by atoms with E-state index in [2.05, 4.69) is 0 Å². The third kappa shape index (κ3) is 2.25. The van der Waals surface area contributed by atoms with E-state index in [0.717, 1.165) is 19.2 Å². The van der Waals surface area contributed by atoms with E-state index >= 15 is 0 Å². The maximum Gasteiger partial charge on any atom is 0.204 e. The van der Waals surface area contributed by atoms with Gasteiger partial charge in [0, 0.05) is 6.26 Å². The second-order valence-corrected chi connectivity index (χ2v) is 6.84. The lowest BCUT2D eigenvalue weighted by Gasteiger charge is -2.18. The fraction of sp³-hybridized carbons (Fsp3) is 0.300. The number of hydrogen-bond acceptors (Lipinski definition) is 3. The molecule has 1 aromatic rings. The molecule has 1 unspecified atom stereocenters. The number of alkyl halides is 1. The molecule has 6 heteroatoms. The van der Waals surface area contributed by atoms with Crippen LogP contribution >= 0.6 is 11.6 Å². The summed E-state index contributed by atoms with van der Waals surface area (Å²) in [6, 6.07) is 5.11. The molecule has 0 saturated heterocycles. The van der Waals surface area contributed by atoms with Gasteiger partial charge >= 0.3 is 0 Å². The van der Waals surface area contributed by atoms with Crippen molar-refractivity contribution in [2.45, 2.75) is 11.1 Å². The Balaban J connectivity index is 3.29. The Kier molecular flexibility index (Phi) is 3.40. The zero-order valence-electron chi connectivity index (χ0n) is 8.70. The molecular weight excluding hydrogens is 255 g/mol. The minimum atomic E-state index is -3.82. The topological polar surface area (TPSA) is 51.2 Å². The third-order valence-corrected chi connectivity index (χ3v) is 4.81. The summed E-state index contributed by atoms with van der Waals surface area (Å²) in [5, 5.41) is 0. The first-order valence-electron chi connectivity index (χ1n) is 4.36. The van der Waals surface area contributed by atoms with Crippen LogP contribution in [0.15, 0.2) is 24.3 Å². The molecule has 88 valence electrons. The van der Waals surface area contributed by atoms with Crippen LogP contribution in [0.25, 0.3) is 0 Å². The Morgan fingerprint density at radius 2 is 1.88 bits per heavy atom. The molecule has 1 rings (SSSR count). The summed E-state index contributed by atoms with van der Waals surface area (Å²) in [7, 11) is -3.82. The van der Waals surface area contributed by atoms with Crippen molar-refractivity contribution in [1.82, 2.24) is 0 Å². The second kappa shape index (κ2) is 4.14. The van der Waals surface area contributed by atoms with Crippen molar-refractivity contribution in [3.63, 3.8) is 0 Å². The Morgan fingerprint density at radius 3 is 2.31 bits per heavy atom. The molecule has 0 N–H and O–H groups in total. The molecule has 1 atom stereocenters. The van der Waals surface area contributed by atoms with Crippen molar-refractivity contribution in [2.75, 3.05) is 6.26 Å². The number of Topliss-reactive ketones (excluding diaryl/α,β-unsaturated/α-hetero) is 1. The smallest absolute Gasteiger partial charge is 0.204 e. The molecule has 0 fully saturated rings. The van der Waals surface area contributed by atoms with Gasteiger partial charge in [-0.2, -0.15) is 0 Å². The van der Waals surface area contributed by atoms with Gasteiger partial charge in [0.2, 0.25) is 9.99 Å². The highest BCUT2D eigenvalue weighted by molar-refractivity contribution is 7.94. The molecule has 1 aromatic carbocycles. The van der Waals surface area contributed by atoms with E-state index in [1.807, 2.05) is 0 Å². The number of carbonyl (C=O) groups excluding carboxylic acids is 1. The molecule has 0 aliphatic heterocycles. The molecular formula is C10H10ClFO3S. The molecule has 3 nitrogen and oxygen atoms in total. The number of carbonyl (C=O) groups is 1. The van der Waals surface area contributed by atoms with E-state index in [1.54, 1.807) is 0 Å². The number of hydrogen-bond donors (Lipinski definition) is 0. The number of sulfone groups is 1. The second-order valence-electron chi connectivity index (χ2n) is 3.50. The minimum Gasteiger partial charge on any atom is -0.291 e. The quantitative estimate of drug-likeness (QED) is 0.620. The van der Waals surface area contributed by atoms with Gasteiger partial charge in [0.1, 0.15) is 5.82 Å². The summed E-state index contributed by atoms with van der Waals surface area (Å²) < 4.78 is 33.7. The molecule has 0 aliphatic carbocycles. The zero-order chi connectivity index (χ0) is 12.6. The van der Waals surface area contributed by atoms with Crippen LogP contribution in [0.1, 0.15) is 17.3 Å². The van der Waals surface area contributed by atoms with Gasteiger partial charge in [0.25, 0.3) is 0 Å². The molecule has 16 heavy (non-hydrogen) atoms. The first kappa shape index (κ1) is 13.1. The summed E-state index contributed by atoms with van der Waals surface area (Å²) in [6.07, 6.45) is 0.832. The van der Waals surface area contributed by atoms with Crippen molar-refractivity contribution in [3.05, 3.63) is 35.6 Å². The fourth-order valence-electron chi connectivity index (χ4n) is 1.05. The SMILES string of the molecule is CC(Cl)(C(=O)c1ccccc1F)S(C)(=O)=O. The number of rotatable bonds is 3. The Bertz CT molecular complexity index is 523. The highest BCUT2D eigenvalue weighted by Gasteiger charge is 2.42. The van der Waals surface area contributed by atoms with Gasteiger partial charge in [-0.25, -0.2) is 12.8 Å². The van der Waals surface area contributed by atoms with Gasteiger partial charge in [0.15, 0.2) is 9.84 Å². The van der Waals surface area contributed by atoms with Gasteiger partial charge < -0.3 is 0 Å². The lowest BCUT2D eigenvalue weighted by molar-refractivity contribution is 0.0974. The third-order valence-electron chi connectivity index (χ3n) is 2.22. The predicted octanol–water partition coefficient (Wildman–Crippen LogP) is 2.01. The van der Waals surface area contributed by atoms with E-state index in [4.69, 9.17) is 11.6 Å². The van der Waals surface area contributed by atoms with Crippen LogP contribution < -0.4 is 0 Å². The highest BCUT2D eigenvalue weighted by Crippen LogP contribution is 2.27. The van der Waals surface area contributed by atoms with E-state index in [0.29, 0.717) is 0 Å². The van der Waals surface area contributed by atoms with Crippen LogP contribution in [0.2, 0.25) is 0 Å². The van der Waals surface area contributed by atoms with Gasteiger partial charge in [-0.15, -0.1) is 0 Å². The molecule has 0 heterocycles. The van der Waals surface area contributed by atoms with Crippen LogP contribution in [-0.4, -0.2) is 24.7 Å². The summed E-state index contributed by atoms with van der Waals surface area (Å²) in [5.41, 5.74) is -0.328. The van der Waals surface area contributed by atoms with Gasteiger partial charge in [0.05, 0.1) is 5.56 Å². The van der Waals surface area contributed by atoms with Gasteiger partial charge in [-0.3, -0.25) is 4.79 Å². The molecule has 0 saturated carbocycles. The van der Waals surface area contributed by atoms with E-state index < -0.39 is 25.6 Å². The Labute approximate surface area is 98.1 Å². The summed E-state index contributed by atoms with van der Waals surface area (Å²) in [4.78, 5) is 11.8. The lowest BCUT2D eigenvalue weighted by atomic mass is 10.1. The predicted molar refractivity (Wildman–Crippen MR) is 59.8 cm³/mol. The first-order valence-corrected chi connectivity index (χ1v) is 6.62. The van der Waals surface area contributed by atoms with Crippen molar-refractivity contribution in [2.24, 2.45) is 0 Å². The van der Waals surface area contributed by atoms with Crippen LogP contribution in [-0.2, 0) is 9.84 Å². The van der Waals surface area contributed by atoms with Crippen molar-refractivity contribution in [1.29, 1.82) is 0 Å². The minimum absolute atomic E-state index is 0.328. The maximum atomic E-state index is 13.3. The molecule has 0 amide bonds. The van der Waals surface area contributed by atoms with Crippen LogP contribution in [0.5, 0.6) is 0 Å². The van der Waals surface area contributed by atoms with Gasteiger partial charge in [-0.1, -0.05) is 23.7 Å². The Hall–Kier alpha value is -0.940. The first-order chi connectivity index (χ1) is 7.18. The van der Waals surface area contributed by atoms with Crippen molar-refractivity contribution < 1.29 is 17.6 Å². The van der Waals surface area contributed by atoms with Crippen LogP contribution in [0.4, 0.5) is 4.39 Å². The van der Waals surface area contributed by atoms with Crippen LogP contribution in [0.3, 0.4) is 0 Å². The Morgan fingerprint density at radius 1 is 1.38 bits per heavy atom. The van der Waals surface area contributed by atoms with Crippen LogP contribution in [0, 0.1) is 5.82 Å². The lowest BCUT2D eigenvalue weighted by Crippen LogP contribution is -2.37. The summed E-state index contributed by atoms with van der Waals surface area (Å²) >= 11 is 5.67. The molecule has 0 radical (unpaired) electrons. The fourth-order valence-corrected chi connectivity index (χ4v) is 1.60. The highest BCUT2D eigenvalue weighted by atomic mass is 35.5. The van der Waals surface area contributed by atoms with Crippen molar-refractivity contribution >= 4 is 27.2 Å². The molecule has 0 aromatic heterocycles. The van der Waals surface area contributed by atoms with E-state index in [1.165, 1.54) is 18.2 Å². The van der Waals surface area contributed by atoms with Gasteiger partial charge in [-0.05, 0) is 19.1 Å². The normalized spacial score (nSPS) is 15.5. The average molecular weight is 265 g/mol. The summed E-state index contributed by atoms with van der Waals surface area (Å²) in [5.74, 6) is -1.75. The zero-order valence-corrected chi connectivity index (χ0v) is 10.3. The summed E-state index contributed by atoms with van der Waals surface area (Å²) in [6.45, 7) is 1.04.